The second-order valence-electron chi connectivity index (χ2n) is 5.79. The third-order valence-corrected chi connectivity index (χ3v) is 2.52. The van der Waals surface area contributed by atoms with Gasteiger partial charge in [-0.25, -0.2) is 15.0 Å². The summed E-state index contributed by atoms with van der Waals surface area (Å²) in [5, 5.41) is 0. The van der Waals surface area contributed by atoms with Crippen molar-refractivity contribution in [2.75, 3.05) is 6.61 Å². The fourth-order valence-electron chi connectivity index (χ4n) is 1.62. The molecule has 0 atom stereocenters. The number of rotatable bonds is 4. The molecule has 0 aliphatic heterocycles. The molecule has 0 bridgehead atoms. The number of esters is 1. The zero-order chi connectivity index (χ0) is 18.2. The van der Waals surface area contributed by atoms with Crippen LogP contribution in [0.4, 0.5) is 4.79 Å². The maximum absolute atomic E-state index is 12.0. The van der Waals surface area contributed by atoms with Gasteiger partial charge in [0.25, 0.3) is 5.91 Å². The van der Waals surface area contributed by atoms with E-state index < -0.39 is 23.6 Å². The Morgan fingerprint density at radius 2 is 1.88 bits per heavy atom. The maximum atomic E-state index is 12.0. The summed E-state index contributed by atoms with van der Waals surface area (Å²) in [4.78, 5) is 34.8. The lowest BCUT2D eigenvalue weighted by Gasteiger charge is -2.19. The molecule has 7 heteroatoms. The molecule has 0 radical (unpaired) electrons. The summed E-state index contributed by atoms with van der Waals surface area (Å²) in [7, 11) is 0. The Bertz CT molecular complexity index is 632. The summed E-state index contributed by atoms with van der Waals surface area (Å²) in [6, 6.07) is 6.54. The van der Waals surface area contributed by atoms with E-state index in [2.05, 4.69) is 10.9 Å². The summed E-state index contributed by atoms with van der Waals surface area (Å²) in [6.07, 6.45) is 2.06. The highest BCUT2D eigenvalue weighted by Gasteiger charge is 2.16. The lowest BCUT2D eigenvalue weighted by atomic mass is 10.1. The van der Waals surface area contributed by atoms with Crippen molar-refractivity contribution in [3.8, 4) is 0 Å². The van der Waals surface area contributed by atoms with Gasteiger partial charge in [0.2, 0.25) is 0 Å². The first-order valence-electron chi connectivity index (χ1n) is 7.45. The van der Waals surface area contributed by atoms with E-state index in [0.29, 0.717) is 17.7 Å². The van der Waals surface area contributed by atoms with E-state index in [4.69, 9.17) is 9.47 Å². The summed E-state index contributed by atoms with van der Waals surface area (Å²) in [6.45, 7) is 7.16. The minimum atomic E-state index is -0.755. The number of amides is 2. The molecule has 1 rings (SSSR count). The molecular formula is C17H22N2O5. The van der Waals surface area contributed by atoms with Crippen LogP contribution in [0.25, 0.3) is 6.08 Å². The molecule has 0 spiro atoms. The standard InChI is InChI=1S/C17H22N2O5/c1-5-23-14(20)10-9-12-7-6-8-13(11-12)15(21)18-19-16(22)24-17(2,3)4/h6-11H,5H2,1-4H3,(H,18,21)(H,19,22)/b10-9+. The predicted molar refractivity (Wildman–Crippen MR) is 88.9 cm³/mol. The Balaban J connectivity index is 2.64. The monoisotopic (exact) mass is 334 g/mol. The van der Waals surface area contributed by atoms with E-state index in [0.717, 1.165) is 0 Å². The molecule has 7 nitrogen and oxygen atoms in total. The number of benzene rings is 1. The second kappa shape index (κ2) is 8.71. The van der Waals surface area contributed by atoms with E-state index in [1.165, 1.54) is 12.2 Å². The molecule has 130 valence electrons. The molecule has 0 aliphatic carbocycles. The van der Waals surface area contributed by atoms with Gasteiger partial charge < -0.3 is 9.47 Å². The normalized spacial score (nSPS) is 11.0. The van der Waals surface area contributed by atoms with Crippen LogP contribution in [-0.4, -0.2) is 30.2 Å². The van der Waals surface area contributed by atoms with E-state index in [1.54, 1.807) is 52.0 Å². The van der Waals surface area contributed by atoms with Gasteiger partial charge in [-0.1, -0.05) is 12.1 Å². The molecule has 0 heterocycles. The summed E-state index contributed by atoms with van der Waals surface area (Å²) < 4.78 is 9.79. The molecule has 2 N–H and O–H groups in total. The number of ether oxygens (including phenoxy) is 2. The number of carbonyl (C=O) groups is 3. The molecule has 0 aliphatic rings. The summed E-state index contributed by atoms with van der Waals surface area (Å²) in [5.41, 5.74) is 4.73. The second-order valence-corrected chi connectivity index (χ2v) is 5.79. The van der Waals surface area contributed by atoms with E-state index in [-0.39, 0.29) is 0 Å². The Morgan fingerprint density at radius 3 is 2.50 bits per heavy atom. The minimum absolute atomic E-state index is 0.294. The van der Waals surface area contributed by atoms with Crippen molar-refractivity contribution in [1.82, 2.24) is 10.9 Å². The van der Waals surface area contributed by atoms with Gasteiger partial charge in [0.1, 0.15) is 5.60 Å². The van der Waals surface area contributed by atoms with Crippen LogP contribution in [0.2, 0.25) is 0 Å². The van der Waals surface area contributed by atoms with Gasteiger partial charge in [0, 0.05) is 11.6 Å². The van der Waals surface area contributed by atoms with Crippen LogP contribution >= 0.6 is 0 Å². The lowest BCUT2D eigenvalue weighted by Crippen LogP contribution is -2.44. The fraction of sp³-hybridized carbons (Fsp3) is 0.353. The number of hydrogen-bond acceptors (Lipinski definition) is 5. The SMILES string of the molecule is CCOC(=O)/C=C/c1cccc(C(=O)NNC(=O)OC(C)(C)C)c1. The Labute approximate surface area is 141 Å². The minimum Gasteiger partial charge on any atom is -0.463 e. The van der Waals surface area contributed by atoms with Crippen molar-refractivity contribution in [1.29, 1.82) is 0 Å². The number of hydrogen-bond donors (Lipinski definition) is 2. The molecule has 0 fully saturated rings. The Hall–Kier alpha value is -2.83. The zero-order valence-corrected chi connectivity index (χ0v) is 14.2. The van der Waals surface area contributed by atoms with Crippen LogP contribution in [0.5, 0.6) is 0 Å². The molecule has 0 saturated heterocycles. The molecule has 0 unspecified atom stereocenters. The van der Waals surface area contributed by atoms with Gasteiger partial charge in [-0.3, -0.25) is 10.2 Å². The first-order chi connectivity index (χ1) is 11.2. The number of carbonyl (C=O) groups excluding carboxylic acids is 3. The number of nitrogens with one attached hydrogen (secondary N) is 2. The van der Waals surface area contributed by atoms with Gasteiger partial charge in [-0.05, 0) is 51.5 Å². The van der Waals surface area contributed by atoms with Crippen molar-refractivity contribution < 1.29 is 23.9 Å². The smallest absolute Gasteiger partial charge is 0.426 e. The predicted octanol–water partition coefficient (Wildman–Crippen LogP) is 2.43. The molecular weight excluding hydrogens is 312 g/mol. The van der Waals surface area contributed by atoms with Gasteiger partial charge in [0.15, 0.2) is 0 Å². The van der Waals surface area contributed by atoms with Gasteiger partial charge in [-0.2, -0.15) is 0 Å². The van der Waals surface area contributed by atoms with Gasteiger partial charge in [-0.15, -0.1) is 0 Å². The zero-order valence-electron chi connectivity index (χ0n) is 14.2. The topological polar surface area (TPSA) is 93.7 Å². The molecule has 1 aromatic carbocycles. The van der Waals surface area contributed by atoms with Crippen molar-refractivity contribution in [3.63, 3.8) is 0 Å². The van der Waals surface area contributed by atoms with Crippen molar-refractivity contribution in [2.24, 2.45) is 0 Å². The van der Waals surface area contributed by atoms with Crippen LogP contribution < -0.4 is 10.9 Å². The third kappa shape index (κ3) is 7.44. The highest BCUT2D eigenvalue weighted by Crippen LogP contribution is 2.08. The maximum Gasteiger partial charge on any atom is 0.426 e. The molecule has 1 aromatic rings. The van der Waals surface area contributed by atoms with E-state index in [9.17, 15) is 14.4 Å². The van der Waals surface area contributed by atoms with Crippen LogP contribution in [0.1, 0.15) is 43.6 Å². The summed E-state index contributed by atoms with van der Waals surface area (Å²) >= 11 is 0. The van der Waals surface area contributed by atoms with Crippen LogP contribution in [0.3, 0.4) is 0 Å². The third-order valence-electron chi connectivity index (χ3n) is 2.52. The van der Waals surface area contributed by atoms with Crippen LogP contribution in [0.15, 0.2) is 30.3 Å². The van der Waals surface area contributed by atoms with Crippen molar-refractivity contribution in [3.05, 3.63) is 41.5 Å². The van der Waals surface area contributed by atoms with Crippen molar-refractivity contribution in [2.45, 2.75) is 33.3 Å². The van der Waals surface area contributed by atoms with Crippen molar-refractivity contribution >= 4 is 24.0 Å². The fourth-order valence-corrected chi connectivity index (χ4v) is 1.62. The van der Waals surface area contributed by atoms with Crippen LogP contribution in [-0.2, 0) is 14.3 Å². The largest absolute Gasteiger partial charge is 0.463 e. The van der Waals surface area contributed by atoms with Crippen LogP contribution in [0, 0.1) is 0 Å². The highest BCUT2D eigenvalue weighted by molar-refractivity contribution is 5.95. The van der Waals surface area contributed by atoms with E-state index >= 15 is 0 Å². The first kappa shape index (κ1) is 19.2. The summed E-state index contributed by atoms with van der Waals surface area (Å²) in [5.74, 6) is -0.966. The Kier molecular flexibility index (Phi) is 6.98. The van der Waals surface area contributed by atoms with Gasteiger partial charge in [0.05, 0.1) is 6.61 Å². The lowest BCUT2D eigenvalue weighted by molar-refractivity contribution is -0.137. The quantitative estimate of drug-likeness (QED) is 0.501. The molecule has 0 aromatic heterocycles. The average molecular weight is 334 g/mol. The molecule has 2 amide bonds. The van der Waals surface area contributed by atoms with Gasteiger partial charge >= 0.3 is 12.1 Å². The molecule has 0 saturated carbocycles. The highest BCUT2D eigenvalue weighted by atomic mass is 16.6. The first-order valence-corrected chi connectivity index (χ1v) is 7.45. The van der Waals surface area contributed by atoms with E-state index in [1.807, 2.05) is 0 Å². The average Bonchev–Trinajstić information content (AvgIpc) is 2.49. The number of hydrazine groups is 1. The Morgan fingerprint density at radius 1 is 1.17 bits per heavy atom. The molecule has 24 heavy (non-hydrogen) atoms.